The second-order valence-corrected chi connectivity index (χ2v) is 5.77. The number of carbonyl (C=O) groups is 1. The first kappa shape index (κ1) is 17.6. The van der Waals surface area contributed by atoms with Crippen molar-refractivity contribution in [3.05, 3.63) is 52.7 Å². The third-order valence-corrected chi connectivity index (χ3v) is 3.99. The second-order valence-electron chi connectivity index (χ2n) is 5.77. The van der Waals surface area contributed by atoms with Crippen molar-refractivity contribution in [2.45, 2.75) is 40.2 Å². The molecule has 0 aliphatic heterocycles. The fourth-order valence-corrected chi connectivity index (χ4v) is 2.55. The molecule has 0 atom stereocenters. The number of nitriles is 1. The Morgan fingerprint density at radius 2 is 2.25 bits per heavy atom. The van der Waals surface area contributed by atoms with E-state index in [4.69, 9.17) is 4.42 Å². The van der Waals surface area contributed by atoms with Crippen LogP contribution in [0, 0.1) is 25.2 Å². The van der Waals surface area contributed by atoms with Crippen molar-refractivity contribution in [3.8, 4) is 6.07 Å². The van der Waals surface area contributed by atoms with Crippen molar-refractivity contribution in [1.29, 1.82) is 5.26 Å². The van der Waals surface area contributed by atoms with E-state index in [0.29, 0.717) is 13.1 Å². The van der Waals surface area contributed by atoms with Crippen LogP contribution in [0.5, 0.6) is 0 Å². The maximum Gasteiger partial charge on any atom is 0.261 e. The van der Waals surface area contributed by atoms with Crippen LogP contribution in [-0.2, 0) is 11.3 Å². The molecule has 24 heavy (non-hydrogen) atoms. The van der Waals surface area contributed by atoms with Crippen LogP contribution in [0.1, 0.15) is 42.5 Å². The molecule has 0 aliphatic carbocycles. The number of unbranched alkanes of at least 4 members (excludes halogenated alkanes) is 1. The van der Waals surface area contributed by atoms with E-state index in [1.165, 1.54) is 0 Å². The molecule has 0 bridgehead atoms. The van der Waals surface area contributed by atoms with Crippen molar-refractivity contribution in [3.63, 3.8) is 0 Å². The smallest absolute Gasteiger partial charge is 0.261 e. The van der Waals surface area contributed by atoms with E-state index in [2.05, 4.69) is 16.8 Å². The van der Waals surface area contributed by atoms with Crippen molar-refractivity contribution >= 4 is 12.0 Å². The molecule has 5 heteroatoms. The van der Waals surface area contributed by atoms with Crippen molar-refractivity contribution in [1.82, 2.24) is 9.88 Å². The molecule has 2 heterocycles. The number of furan rings is 1. The summed E-state index contributed by atoms with van der Waals surface area (Å²) in [6.07, 6.45) is 5.21. The summed E-state index contributed by atoms with van der Waals surface area (Å²) in [7, 11) is 0. The lowest BCUT2D eigenvalue weighted by molar-refractivity contribution is -0.117. The summed E-state index contributed by atoms with van der Waals surface area (Å²) in [5, 5.41) is 12.1. The summed E-state index contributed by atoms with van der Waals surface area (Å²) in [4.78, 5) is 12.1. The first-order valence-electron chi connectivity index (χ1n) is 8.16. The van der Waals surface area contributed by atoms with E-state index in [9.17, 15) is 10.1 Å². The summed E-state index contributed by atoms with van der Waals surface area (Å²) >= 11 is 0. The molecule has 0 unspecified atom stereocenters. The fraction of sp³-hybridized carbons (Fsp3) is 0.368. The zero-order valence-electron chi connectivity index (χ0n) is 14.4. The molecule has 0 fully saturated rings. The molecule has 0 saturated carbocycles. The molecular weight excluding hydrogens is 302 g/mol. The van der Waals surface area contributed by atoms with Crippen LogP contribution >= 0.6 is 0 Å². The summed E-state index contributed by atoms with van der Waals surface area (Å²) in [6, 6.07) is 7.77. The van der Waals surface area contributed by atoms with Crippen molar-refractivity contribution in [2.24, 2.45) is 0 Å². The Kier molecular flexibility index (Phi) is 6.02. The van der Waals surface area contributed by atoms with Crippen LogP contribution in [0.3, 0.4) is 0 Å². The predicted molar refractivity (Wildman–Crippen MR) is 93.2 cm³/mol. The highest BCUT2D eigenvalue weighted by Gasteiger charge is 2.13. The Labute approximate surface area is 142 Å². The topological polar surface area (TPSA) is 71.0 Å². The van der Waals surface area contributed by atoms with Gasteiger partial charge in [-0.3, -0.25) is 4.79 Å². The highest BCUT2D eigenvalue weighted by atomic mass is 16.3. The van der Waals surface area contributed by atoms with E-state index in [1.54, 1.807) is 12.3 Å². The Bertz CT molecular complexity index is 761. The summed E-state index contributed by atoms with van der Waals surface area (Å²) < 4.78 is 7.51. The lowest BCUT2D eigenvalue weighted by atomic mass is 10.1. The van der Waals surface area contributed by atoms with Crippen LogP contribution in [0.2, 0.25) is 0 Å². The number of aryl methyl sites for hydroxylation is 1. The maximum absolute atomic E-state index is 12.1. The molecule has 2 rings (SSSR count). The number of aromatic nitrogens is 1. The van der Waals surface area contributed by atoms with Gasteiger partial charge in [-0.25, -0.2) is 0 Å². The van der Waals surface area contributed by atoms with Gasteiger partial charge in [-0.05, 0) is 50.1 Å². The lowest BCUT2D eigenvalue weighted by Crippen LogP contribution is -2.25. The first-order valence-corrected chi connectivity index (χ1v) is 8.16. The van der Waals surface area contributed by atoms with Gasteiger partial charge in [-0.1, -0.05) is 13.3 Å². The average Bonchev–Trinajstić information content (AvgIpc) is 3.16. The van der Waals surface area contributed by atoms with E-state index in [-0.39, 0.29) is 11.5 Å². The number of hydrogen-bond donors (Lipinski definition) is 1. The highest BCUT2D eigenvalue weighted by molar-refractivity contribution is 6.01. The zero-order valence-corrected chi connectivity index (χ0v) is 14.4. The Balaban J connectivity index is 2.21. The third-order valence-electron chi connectivity index (χ3n) is 3.99. The van der Waals surface area contributed by atoms with Gasteiger partial charge in [0.1, 0.15) is 17.4 Å². The summed E-state index contributed by atoms with van der Waals surface area (Å²) in [6.45, 7) is 7.25. The molecule has 0 spiro atoms. The predicted octanol–water partition coefficient (Wildman–Crippen LogP) is 3.57. The van der Waals surface area contributed by atoms with E-state index in [0.717, 1.165) is 35.6 Å². The van der Waals surface area contributed by atoms with Gasteiger partial charge in [0.25, 0.3) is 5.91 Å². The second kappa shape index (κ2) is 8.21. The largest absolute Gasteiger partial charge is 0.467 e. The Morgan fingerprint density at radius 3 is 2.88 bits per heavy atom. The zero-order chi connectivity index (χ0) is 17.5. The fourth-order valence-electron chi connectivity index (χ4n) is 2.55. The standard InChI is InChI=1S/C19H23N3O2/c1-4-5-8-21-19(23)17(12-20)11-16-10-14(2)22(15(16)3)13-18-7-6-9-24-18/h6-7,9-11H,4-5,8,13H2,1-3H3,(H,21,23)/b17-11+. The molecule has 2 aromatic heterocycles. The van der Waals surface area contributed by atoms with Crippen LogP contribution < -0.4 is 5.32 Å². The molecule has 1 N–H and O–H groups in total. The Morgan fingerprint density at radius 1 is 1.46 bits per heavy atom. The number of hydrogen-bond acceptors (Lipinski definition) is 3. The number of carbonyl (C=O) groups excluding carboxylic acids is 1. The van der Waals surface area contributed by atoms with Gasteiger partial charge in [-0.15, -0.1) is 0 Å². The third kappa shape index (κ3) is 4.17. The van der Waals surface area contributed by atoms with E-state index in [1.807, 2.05) is 38.1 Å². The lowest BCUT2D eigenvalue weighted by Gasteiger charge is -2.07. The number of rotatable bonds is 7. The number of nitrogens with zero attached hydrogens (tertiary/aromatic N) is 2. The van der Waals surface area contributed by atoms with E-state index >= 15 is 0 Å². The SMILES string of the molecule is CCCCNC(=O)/C(C#N)=C/c1cc(C)n(Cc2ccco2)c1C. The molecule has 1 amide bonds. The summed E-state index contributed by atoms with van der Waals surface area (Å²) in [5.74, 6) is 0.548. The van der Waals surface area contributed by atoms with Gasteiger partial charge < -0.3 is 14.3 Å². The minimum Gasteiger partial charge on any atom is -0.467 e. The van der Waals surface area contributed by atoms with Crippen LogP contribution in [-0.4, -0.2) is 17.0 Å². The van der Waals surface area contributed by atoms with E-state index < -0.39 is 0 Å². The molecule has 0 aromatic carbocycles. The molecule has 0 radical (unpaired) electrons. The van der Waals surface area contributed by atoms with Gasteiger partial charge in [0, 0.05) is 17.9 Å². The van der Waals surface area contributed by atoms with Gasteiger partial charge in [0.2, 0.25) is 0 Å². The Hall–Kier alpha value is -2.74. The molecule has 126 valence electrons. The monoisotopic (exact) mass is 325 g/mol. The van der Waals surface area contributed by atoms with Gasteiger partial charge in [-0.2, -0.15) is 5.26 Å². The van der Waals surface area contributed by atoms with Crippen LogP contribution in [0.4, 0.5) is 0 Å². The maximum atomic E-state index is 12.1. The summed E-state index contributed by atoms with van der Waals surface area (Å²) in [5.41, 5.74) is 3.06. The van der Waals surface area contributed by atoms with Crippen LogP contribution in [0.15, 0.2) is 34.5 Å². The minimum absolute atomic E-state index is 0.129. The van der Waals surface area contributed by atoms with Gasteiger partial charge in [0.15, 0.2) is 0 Å². The average molecular weight is 325 g/mol. The van der Waals surface area contributed by atoms with Gasteiger partial charge >= 0.3 is 0 Å². The molecule has 0 aliphatic rings. The first-order chi connectivity index (χ1) is 11.6. The number of amides is 1. The van der Waals surface area contributed by atoms with Crippen molar-refractivity contribution < 1.29 is 9.21 Å². The normalized spacial score (nSPS) is 11.3. The number of nitrogens with one attached hydrogen (secondary N) is 1. The molecule has 0 saturated heterocycles. The molecule has 2 aromatic rings. The highest BCUT2D eigenvalue weighted by Crippen LogP contribution is 2.20. The molecular formula is C19H23N3O2. The quantitative estimate of drug-likeness (QED) is 0.480. The van der Waals surface area contributed by atoms with Gasteiger partial charge in [0.05, 0.1) is 12.8 Å². The molecule has 5 nitrogen and oxygen atoms in total. The minimum atomic E-state index is -0.318. The van der Waals surface area contributed by atoms with Crippen molar-refractivity contribution in [2.75, 3.05) is 6.54 Å². The van der Waals surface area contributed by atoms with Crippen LogP contribution in [0.25, 0.3) is 6.08 Å².